The molecule has 2 saturated heterocycles. The molecule has 3 aromatic rings. The zero-order valence-electron chi connectivity index (χ0n) is 23.8. The van der Waals surface area contributed by atoms with E-state index in [1.54, 1.807) is 36.4 Å². The Kier molecular flexibility index (Phi) is 10.5. The minimum Gasteiger partial charge on any atom is -0.457 e. The predicted molar refractivity (Wildman–Crippen MR) is 160 cm³/mol. The number of nitrogens with zero attached hydrogens (tertiary/aromatic N) is 2. The predicted octanol–water partition coefficient (Wildman–Crippen LogP) is 4.82. The molecule has 0 unspecified atom stereocenters. The van der Waals surface area contributed by atoms with E-state index in [9.17, 15) is 14.0 Å². The minimum absolute atomic E-state index is 0.0370. The molecule has 0 saturated carbocycles. The fraction of sp³-hybridized carbons (Fsp3) is 0.394. The molecule has 5 rings (SSSR count). The number of likely N-dealkylation sites (tertiary alicyclic amines) is 2. The Morgan fingerprint density at radius 1 is 0.857 bits per heavy atom. The van der Waals surface area contributed by atoms with Crippen molar-refractivity contribution in [3.63, 3.8) is 0 Å². The maximum Gasteiger partial charge on any atom is 0.249 e. The molecule has 222 valence electrons. The minimum atomic E-state index is -0.863. The Balaban J connectivity index is 1.15. The number of nitrogens with one attached hydrogen (secondary N) is 2. The fourth-order valence-electron chi connectivity index (χ4n) is 5.52. The van der Waals surface area contributed by atoms with Gasteiger partial charge in [0.1, 0.15) is 23.4 Å². The van der Waals surface area contributed by atoms with Crippen molar-refractivity contribution in [3.05, 3.63) is 90.2 Å². The normalized spacial score (nSPS) is 17.1. The van der Waals surface area contributed by atoms with E-state index in [1.807, 2.05) is 30.3 Å². The van der Waals surface area contributed by atoms with Crippen LogP contribution in [0.2, 0.25) is 0 Å². The van der Waals surface area contributed by atoms with Crippen molar-refractivity contribution in [1.29, 1.82) is 0 Å². The van der Waals surface area contributed by atoms with Crippen LogP contribution in [0.5, 0.6) is 11.5 Å². The number of hydrogen-bond acceptors (Lipinski definition) is 6. The number of halogens is 1. The van der Waals surface area contributed by atoms with Crippen LogP contribution in [0.15, 0.2) is 78.9 Å². The molecule has 8 nitrogen and oxygen atoms in total. The number of carbonyl (C=O) groups is 2. The van der Waals surface area contributed by atoms with Gasteiger partial charge in [-0.1, -0.05) is 30.3 Å². The summed E-state index contributed by atoms with van der Waals surface area (Å²) in [5.74, 6) is 0.158. The molecule has 42 heavy (non-hydrogen) atoms. The summed E-state index contributed by atoms with van der Waals surface area (Å²) in [6.45, 7) is 4.76. The van der Waals surface area contributed by atoms with E-state index in [0.29, 0.717) is 29.8 Å². The molecule has 0 aromatic heterocycles. The number of carbonyl (C=O) groups excluding carboxylic acids is 2. The largest absolute Gasteiger partial charge is 0.457 e. The summed E-state index contributed by atoms with van der Waals surface area (Å²) in [5.41, 5.74) is 1.54. The quantitative estimate of drug-likeness (QED) is 0.323. The summed E-state index contributed by atoms with van der Waals surface area (Å²) in [6.07, 6.45) is 4.70. The summed E-state index contributed by atoms with van der Waals surface area (Å²) in [4.78, 5) is 31.1. The molecule has 2 heterocycles. The number of ether oxygens (including phenoxy) is 2. The molecule has 9 heteroatoms. The van der Waals surface area contributed by atoms with Gasteiger partial charge >= 0.3 is 0 Å². The van der Waals surface area contributed by atoms with Gasteiger partial charge in [-0.25, -0.2) is 4.39 Å². The molecular weight excluding hydrogens is 535 g/mol. The highest BCUT2D eigenvalue weighted by Crippen LogP contribution is 2.24. The third kappa shape index (κ3) is 8.85. The van der Waals surface area contributed by atoms with Crippen LogP contribution in [0.25, 0.3) is 0 Å². The summed E-state index contributed by atoms with van der Waals surface area (Å²) < 4.78 is 24.7. The first-order chi connectivity index (χ1) is 20.5. The van der Waals surface area contributed by atoms with Gasteiger partial charge in [0, 0.05) is 24.8 Å². The molecule has 1 atom stereocenters. The van der Waals surface area contributed by atoms with Crippen LogP contribution in [0.3, 0.4) is 0 Å². The standard InChI is InChI=1S/C33H39FN4O4/c34-26-8-12-29(13-9-26)42-30-14-10-27(11-15-30)35-33(40)31(24-41-23-25-6-2-1-3-7-25)36-32(39)22-37-20-16-28(17-21-37)38-18-4-5-19-38/h1-3,6-15,28,31H,4-5,16-24H2,(H,35,40)(H,36,39)/t31-/m0/s1. The molecule has 0 bridgehead atoms. The van der Waals surface area contributed by atoms with Gasteiger partial charge in [0.15, 0.2) is 0 Å². The Labute approximate surface area is 246 Å². The highest BCUT2D eigenvalue weighted by atomic mass is 19.1. The van der Waals surface area contributed by atoms with Crippen molar-refractivity contribution in [1.82, 2.24) is 15.1 Å². The molecular formula is C33H39FN4O4. The van der Waals surface area contributed by atoms with Gasteiger partial charge in [0.05, 0.1) is 19.8 Å². The molecule has 2 aliphatic rings. The molecule has 0 radical (unpaired) electrons. The van der Waals surface area contributed by atoms with E-state index >= 15 is 0 Å². The van der Waals surface area contributed by atoms with Crippen molar-refractivity contribution in [3.8, 4) is 11.5 Å². The zero-order valence-corrected chi connectivity index (χ0v) is 23.8. The van der Waals surface area contributed by atoms with Gasteiger partial charge in [-0.15, -0.1) is 0 Å². The van der Waals surface area contributed by atoms with E-state index < -0.39 is 6.04 Å². The molecule has 2 fully saturated rings. The number of amides is 2. The van der Waals surface area contributed by atoms with Crippen molar-refractivity contribution >= 4 is 17.5 Å². The Bertz CT molecular complexity index is 1280. The Morgan fingerprint density at radius 2 is 1.50 bits per heavy atom. The van der Waals surface area contributed by atoms with Crippen molar-refractivity contribution in [2.45, 2.75) is 44.4 Å². The smallest absolute Gasteiger partial charge is 0.249 e. The second kappa shape index (κ2) is 14.9. The van der Waals surface area contributed by atoms with Gasteiger partial charge in [-0.05, 0) is 92.9 Å². The third-order valence-electron chi connectivity index (χ3n) is 7.80. The van der Waals surface area contributed by atoms with E-state index in [-0.39, 0.29) is 30.8 Å². The lowest BCUT2D eigenvalue weighted by Crippen LogP contribution is -2.51. The Hall–Kier alpha value is -3.79. The molecule has 0 spiro atoms. The van der Waals surface area contributed by atoms with Crippen molar-refractivity contribution in [2.75, 3.05) is 44.6 Å². The lowest BCUT2D eigenvalue weighted by molar-refractivity contribution is -0.129. The first kappa shape index (κ1) is 29.7. The highest BCUT2D eigenvalue weighted by Gasteiger charge is 2.28. The highest BCUT2D eigenvalue weighted by molar-refractivity contribution is 5.97. The second-order valence-corrected chi connectivity index (χ2v) is 10.9. The summed E-state index contributed by atoms with van der Waals surface area (Å²) in [6, 6.07) is 22.1. The van der Waals surface area contributed by atoms with E-state index in [2.05, 4.69) is 20.4 Å². The van der Waals surface area contributed by atoms with E-state index in [4.69, 9.17) is 9.47 Å². The maximum absolute atomic E-state index is 13.3. The third-order valence-corrected chi connectivity index (χ3v) is 7.80. The van der Waals surface area contributed by atoms with Gasteiger partial charge in [-0.2, -0.15) is 0 Å². The number of hydrogen-bond donors (Lipinski definition) is 2. The van der Waals surface area contributed by atoms with Crippen LogP contribution in [-0.4, -0.2) is 73.0 Å². The molecule has 2 N–H and O–H groups in total. The van der Waals surface area contributed by atoms with E-state index in [0.717, 1.165) is 31.5 Å². The fourth-order valence-corrected chi connectivity index (χ4v) is 5.52. The van der Waals surface area contributed by atoms with Crippen LogP contribution in [-0.2, 0) is 20.9 Å². The van der Waals surface area contributed by atoms with E-state index in [1.165, 1.54) is 38.1 Å². The summed E-state index contributed by atoms with van der Waals surface area (Å²) >= 11 is 0. The van der Waals surface area contributed by atoms with Crippen molar-refractivity contribution in [2.24, 2.45) is 0 Å². The monoisotopic (exact) mass is 574 g/mol. The average Bonchev–Trinajstić information content (AvgIpc) is 3.55. The van der Waals surface area contributed by atoms with Crippen LogP contribution in [0, 0.1) is 5.82 Å². The lowest BCUT2D eigenvalue weighted by atomic mass is 10.0. The Morgan fingerprint density at radius 3 is 2.17 bits per heavy atom. The first-order valence-electron chi connectivity index (χ1n) is 14.7. The van der Waals surface area contributed by atoms with Crippen LogP contribution >= 0.6 is 0 Å². The van der Waals surface area contributed by atoms with Gasteiger partial charge in [-0.3, -0.25) is 14.5 Å². The number of piperidine rings is 1. The SMILES string of the molecule is O=C(CN1CCC(N2CCCC2)CC1)N[C@@H](COCc1ccccc1)C(=O)Nc1ccc(Oc2ccc(F)cc2)cc1. The van der Waals surface area contributed by atoms with Crippen molar-refractivity contribution < 1.29 is 23.5 Å². The summed E-state index contributed by atoms with van der Waals surface area (Å²) in [5, 5.41) is 5.78. The van der Waals surface area contributed by atoms with Gasteiger partial charge < -0.3 is 25.0 Å². The lowest BCUT2D eigenvalue weighted by Gasteiger charge is -2.36. The average molecular weight is 575 g/mol. The molecule has 2 amide bonds. The van der Waals surface area contributed by atoms with Crippen LogP contribution < -0.4 is 15.4 Å². The molecule has 3 aromatic carbocycles. The number of anilines is 1. The molecule has 2 aliphatic heterocycles. The first-order valence-corrected chi connectivity index (χ1v) is 14.7. The van der Waals surface area contributed by atoms with Gasteiger partial charge in [0.25, 0.3) is 0 Å². The van der Waals surface area contributed by atoms with Crippen LogP contribution in [0.4, 0.5) is 10.1 Å². The summed E-state index contributed by atoms with van der Waals surface area (Å²) in [7, 11) is 0. The maximum atomic E-state index is 13.3. The number of benzene rings is 3. The number of rotatable bonds is 12. The van der Waals surface area contributed by atoms with Gasteiger partial charge in [0.2, 0.25) is 11.8 Å². The second-order valence-electron chi connectivity index (χ2n) is 10.9. The molecule has 0 aliphatic carbocycles. The van der Waals surface area contributed by atoms with Crippen LogP contribution in [0.1, 0.15) is 31.2 Å². The zero-order chi connectivity index (χ0) is 29.1. The topological polar surface area (TPSA) is 83.1 Å².